The molecule has 1 nitrogen and oxygen atoms in total. The Morgan fingerprint density at radius 3 is 2.84 bits per heavy atom. The zero-order valence-corrected chi connectivity index (χ0v) is 12.9. The van der Waals surface area contributed by atoms with Gasteiger partial charge in [0.1, 0.15) is 0 Å². The molecule has 0 radical (unpaired) electrons. The molecule has 0 amide bonds. The summed E-state index contributed by atoms with van der Waals surface area (Å²) in [5, 5.41) is 4.40. The van der Waals surface area contributed by atoms with Gasteiger partial charge in [0.05, 0.1) is 0 Å². The van der Waals surface area contributed by atoms with Crippen molar-refractivity contribution in [2.24, 2.45) is 17.8 Å². The molecule has 1 aliphatic rings. The third-order valence-electron chi connectivity index (χ3n) is 4.45. The van der Waals surface area contributed by atoms with Gasteiger partial charge in [0.2, 0.25) is 0 Å². The highest BCUT2D eigenvalue weighted by Gasteiger charge is 2.28. The second kappa shape index (κ2) is 7.31. The van der Waals surface area contributed by atoms with Crippen LogP contribution in [-0.2, 0) is 6.42 Å². The third kappa shape index (κ3) is 4.50. The van der Waals surface area contributed by atoms with Gasteiger partial charge < -0.3 is 5.32 Å². The smallest absolute Gasteiger partial charge is 0.0408 e. The lowest BCUT2D eigenvalue weighted by molar-refractivity contribution is 0.184. The Bertz CT molecular complexity index is 389. The fraction of sp³-hybridized carbons (Fsp3) is 0.647. The van der Waals surface area contributed by atoms with Crippen LogP contribution >= 0.6 is 11.6 Å². The van der Waals surface area contributed by atoms with E-state index in [4.69, 9.17) is 11.6 Å². The molecule has 0 spiro atoms. The molecule has 2 rings (SSSR count). The molecule has 3 unspecified atom stereocenters. The van der Waals surface area contributed by atoms with Crippen LogP contribution in [0.15, 0.2) is 24.3 Å². The van der Waals surface area contributed by atoms with Crippen LogP contribution in [0.2, 0.25) is 5.02 Å². The van der Waals surface area contributed by atoms with Gasteiger partial charge in [-0.1, -0.05) is 44.0 Å². The summed E-state index contributed by atoms with van der Waals surface area (Å²) >= 11 is 6.10. The van der Waals surface area contributed by atoms with Crippen LogP contribution < -0.4 is 5.32 Å². The van der Waals surface area contributed by atoms with Crippen molar-refractivity contribution in [1.29, 1.82) is 0 Å². The molecular weight excluding hydrogens is 254 g/mol. The summed E-state index contributed by atoms with van der Waals surface area (Å²) in [5.41, 5.74) is 1.40. The largest absolute Gasteiger partial charge is 0.317 e. The predicted molar refractivity (Wildman–Crippen MR) is 83.7 cm³/mol. The van der Waals surface area contributed by atoms with Crippen LogP contribution in [-0.4, -0.2) is 13.1 Å². The van der Waals surface area contributed by atoms with Crippen LogP contribution in [0.25, 0.3) is 0 Å². The van der Waals surface area contributed by atoms with Crippen molar-refractivity contribution in [3.63, 3.8) is 0 Å². The number of rotatable bonds is 5. The monoisotopic (exact) mass is 279 g/mol. The van der Waals surface area contributed by atoms with Crippen molar-refractivity contribution in [3.05, 3.63) is 34.9 Å². The van der Waals surface area contributed by atoms with Crippen molar-refractivity contribution in [3.8, 4) is 0 Å². The summed E-state index contributed by atoms with van der Waals surface area (Å²) in [4.78, 5) is 0. The van der Waals surface area contributed by atoms with E-state index in [9.17, 15) is 0 Å². The zero-order valence-electron chi connectivity index (χ0n) is 12.2. The summed E-state index contributed by atoms with van der Waals surface area (Å²) in [6.45, 7) is 6.84. The lowest BCUT2D eigenvalue weighted by atomic mass is 9.72. The van der Waals surface area contributed by atoms with Crippen LogP contribution in [0.4, 0.5) is 0 Å². The Kier molecular flexibility index (Phi) is 5.72. The van der Waals surface area contributed by atoms with Gasteiger partial charge in [0, 0.05) is 5.02 Å². The highest BCUT2D eigenvalue weighted by Crippen LogP contribution is 2.35. The molecule has 1 saturated carbocycles. The van der Waals surface area contributed by atoms with Gasteiger partial charge in [-0.05, 0) is 67.8 Å². The molecule has 1 aliphatic carbocycles. The highest BCUT2D eigenvalue weighted by atomic mass is 35.5. The quantitative estimate of drug-likeness (QED) is 0.834. The van der Waals surface area contributed by atoms with Crippen molar-refractivity contribution >= 4 is 11.6 Å². The summed E-state index contributed by atoms with van der Waals surface area (Å²) in [6.07, 6.45) is 5.31. The maximum atomic E-state index is 6.10. The van der Waals surface area contributed by atoms with E-state index in [2.05, 4.69) is 37.4 Å². The number of hydrogen-bond acceptors (Lipinski definition) is 1. The molecule has 0 aliphatic heterocycles. The molecule has 2 heteroatoms. The molecule has 1 aromatic rings. The molecule has 0 aromatic heterocycles. The van der Waals surface area contributed by atoms with Gasteiger partial charge in [0.15, 0.2) is 0 Å². The average molecular weight is 280 g/mol. The molecule has 19 heavy (non-hydrogen) atoms. The van der Waals surface area contributed by atoms with E-state index in [0.29, 0.717) is 0 Å². The van der Waals surface area contributed by atoms with Crippen LogP contribution in [0, 0.1) is 17.8 Å². The summed E-state index contributed by atoms with van der Waals surface area (Å²) < 4.78 is 0. The minimum absolute atomic E-state index is 0.807. The number of hydrogen-bond donors (Lipinski definition) is 1. The van der Waals surface area contributed by atoms with Crippen LogP contribution in [0.5, 0.6) is 0 Å². The van der Waals surface area contributed by atoms with Crippen molar-refractivity contribution in [2.45, 2.75) is 39.5 Å². The average Bonchev–Trinajstić information content (AvgIpc) is 2.38. The molecule has 0 saturated heterocycles. The Hall–Kier alpha value is -0.530. The third-order valence-corrected chi connectivity index (χ3v) is 4.68. The van der Waals surface area contributed by atoms with Crippen LogP contribution in [0.1, 0.15) is 38.7 Å². The Morgan fingerprint density at radius 2 is 2.11 bits per heavy atom. The van der Waals surface area contributed by atoms with E-state index in [1.54, 1.807) is 0 Å². The minimum atomic E-state index is 0.807. The molecule has 0 heterocycles. The topological polar surface area (TPSA) is 12.0 Å². The van der Waals surface area contributed by atoms with E-state index < -0.39 is 0 Å². The normalized spacial score (nSPS) is 27.4. The van der Waals surface area contributed by atoms with Crippen molar-refractivity contribution in [1.82, 2.24) is 5.32 Å². The van der Waals surface area contributed by atoms with Crippen molar-refractivity contribution in [2.75, 3.05) is 13.1 Å². The van der Waals surface area contributed by atoms with E-state index in [0.717, 1.165) is 29.3 Å². The van der Waals surface area contributed by atoms with Gasteiger partial charge in [-0.3, -0.25) is 0 Å². The van der Waals surface area contributed by atoms with Crippen LogP contribution in [0.3, 0.4) is 0 Å². The maximum Gasteiger partial charge on any atom is 0.0408 e. The summed E-state index contributed by atoms with van der Waals surface area (Å²) in [5.74, 6) is 2.51. The Labute approximate surface area is 122 Å². The molecule has 106 valence electrons. The first-order valence-corrected chi connectivity index (χ1v) is 8.02. The van der Waals surface area contributed by atoms with E-state index >= 15 is 0 Å². The fourth-order valence-corrected chi connectivity index (χ4v) is 3.59. The minimum Gasteiger partial charge on any atom is -0.317 e. The second-order valence-corrected chi connectivity index (χ2v) is 6.52. The maximum absolute atomic E-state index is 6.10. The van der Waals surface area contributed by atoms with Crippen molar-refractivity contribution < 1.29 is 0 Å². The summed E-state index contributed by atoms with van der Waals surface area (Å²) in [7, 11) is 0. The Balaban J connectivity index is 2.00. The zero-order chi connectivity index (χ0) is 13.7. The second-order valence-electron chi connectivity index (χ2n) is 6.08. The molecule has 1 N–H and O–H groups in total. The standard InChI is InChI=1S/C17H26ClN/c1-3-19-12-15-8-7-13(2)9-16(15)10-14-5-4-6-17(18)11-14/h4-6,11,13,15-16,19H,3,7-10,12H2,1-2H3. The van der Waals surface area contributed by atoms with Gasteiger partial charge in [-0.15, -0.1) is 0 Å². The highest BCUT2D eigenvalue weighted by molar-refractivity contribution is 6.30. The van der Waals surface area contributed by atoms with Gasteiger partial charge in [0.25, 0.3) is 0 Å². The van der Waals surface area contributed by atoms with E-state index in [1.165, 1.54) is 37.8 Å². The lowest BCUT2D eigenvalue weighted by Gasteiger charge is -2.35. The molecule has 3 atom stereocenters. The predicted octanol–water partition coefficient (Wildman–Crippen LogP) is 4.54. The molecule has 0 bridgehead atoms. The summed E-state index contributed by atoms with van der Waals surface area (Å²) in [6, 6.07) is 8.38. The SMILES string of the molecule is CCNCC1CCC(C)CC1Cc1cccc(Cl)c1. The Morgan fingerprint density at radius 1 is 1.26 bits per heavy atom. The van der Waals surface area contributed by atoms with E-state index in [1.807, 2.05) is 6.07 Å². The van der Waals surface area contributed by atoms with Gasteiger partial charge >= 0.3 is 0 Å². The van der Waals surface area contributed by atoms with Gasteiger partial charge in [-0.25, -0.2) is 0 Å². The molecule has 1 fully saturated rings. The first-order valence-electron chi connectivity index (χ1n) is 7.64. The molecular formula is C17H26ClN. The number of nitrogens with one attached hydrogen (secondary N) is 1. The van der Waals surface area contributed by atoms with Gasteiger partial charge in [-0.2, -0.15) is 0 Å². The first kappa shape index (κ1) is 14.9. The number of halogens is 1. The molecule has 1 aromatic carbocycles. The van der Waals surface area contributed by atoms with E-state index in [-0.39, 0.29) is 0 Å². The lowest BCUT2D eigenvalue weighted by Crippen LogP contribution is -2.33. The first-order chi connectivity index (χ1) is 9.19. The number of benzene rings is 1. The fourth-order valence-electron chi connectivity index (χ4n) is 3.38.